The molecule has 1 amide bonds. The fourth-order valence-electron chi connectivity index (χ4n) is 3.55. The maximum absolute atomic E-state index is 12.6. The second-order valence-corrected chi connectivity index (χ2v) is 8.58. The van der Waals surface area contributed by atoms with Crippen LogP contribution in [0.1, 0.15) is 42.7 Å². The van der Waals surface area contributed by atoms with Crippen LogP contribution in [0, 0.1) is 0 Å². The van der Waals surface area contributed by atoms with Crippen LogP contribution in [0.25, 0.3) is 0 Å². The van der Waals surface area contributed by atoms with Gasteiger partial charge in [0.25, 0.3) is 5.91 Å². The molecule has 7 nitrogen and oxygen atoms in total. The van der Waals surface area contributed by atoms with Gasteiger partial charge in [-0.3, -0.25) is 4.79 Å². The minimum absolute atomic E-state index is 0.00136. The molecule has 1 saturated carbocycles. The van der Waals surface area contributed by atoms with E-state index >= 15 is 0 Å². The van der Waals surface area contributed by atoms with Crippen LogP contribution in [0.15, 0.2) is 22.8 Å². The molecule has 0 bridgehead atoms. The lowest BCUT2D eigenvalue weighted by atomic mass is 10.1. The van der Waals surface area contributed by atoms with Gasteiger partial charge in [0, 0.05) is 12.1 Å². The Hall–Kier alpha value is -1.83. The number of sulfone groups is 1. The van der Waals surface area contributed by atoms with Gasteiger partial charge in [-0.05, 0) is 31.4 Å². The molecule has 3 rings (SSSR count). The van der Waals surface area contributed by atoms with Crippen LogP contribution < -0.4 is 0 Å². The molecule has 1 atom stereocenters. The van der Waals surface area contributed by atoms with Crippen molar-refractivity contribution in [3.05, 3.63) is 24.2 Å². The summed E-state index contributed by atoms with van der Waals surface area (Å²) in [6.07, 6.45) is 5.60. The molecule has 24 heavy (non-hydrogen) atoms. The zero-order valence-corrected chi connectivity index (χ0v) is 14.2. The average molecular weight is 355 g/mol. The molecule has 2 fully saturated rings. The van der Waals surface area contributed by atoms with Gasteiger partial charge >= 0.3 is 5.97 Å². The zero-order valence-electron chi connectivity index (χ0n) is 13.3. The summed E-state index contributed by atoms with van der Waals surface area (Å²) in [6.45, 7) is -0.396. The van der Waals surface area contributed by atoms with Crippen molar-refractivity contribution in [3.8, 4) is 0 Å². The van der Waals surface area contributed by atoms with Crippen LogP contribution in [0.2, 0.25) is 0 Å². The van der Waals surface area contributed by atoms with Gasteiger partial charge < -0.3 is 14.1 Å². The van der Waals surface area contributed by atoms with E-state index in [1.807, 2.05) is 0 Å². The van der Waals surface area contributed by atoms with E-state index in [0.29, 0.717) is 6.42 Å². The Morgan fingerprint density at radius 1 is 1.21 bits per heavy atom. The third-order valence-electron chi connectivity index (χ3n) is 4.66. The number of furan rings is 1. The van der Waals surface area contributed by atoms with E-state index < -0.39 is 22.4 Å². The van der Waals surface area contributed by atoms with Crippen LogP contribution in [-0.4, -0.2) is 55.4 Å². The minimum Gasteiger partial charge on any atom is -0.457 e. The second-order valence-electron chi connectivity index (χ2n) is 6.35. The maximum Gasteiger partial charge on any atom is 0.374 e. The van der Waals surface area contributed by atoms with E-state index in [-0.39, 0.29) is 35.3 Å². The van der Waals surface area contributed by atoms with E-state index in [1.54, 1.807) is 11.0 Å². The lowest BCUT2D eigenvalue weighted by molar-refractivity contribution is -0.139. The van der Waals surface area contributed by atoms with Crippen molar-refractivity contribution in [1.82, 2.24) is 4.90 Å². The molecular formula is C16H21NO6S. The topological polar surface area (TPSA) is 93.9 Å². The Balaban J connectivity index is 1.66. The Bertz CT molecular complexity index is 690. The molecule has 2 heterocycles. The first-order valence-corrected chi connectivity index (χ1v) is 10.0. The van der Waals surface area contributed by atoms with Gasteiger partial charge in [-0.15, -0.1) is 0 Å². The van der Waals surface area contributed by atoms with Crippen molar-refractivity contribution in [2.75, 3.05) is 18.1 Å². The van der Waals surface area contributed by atoms with Crippen molar-refractivity contribution in [1.29, 1.82) is 0 Å². The quantitative estimate of drug-likeness (QED) is 0.741. The molecule has 0 radical (unpaired) electrons. The molecular weight excluding hydrogens is 334 g/mol. The molecule has 1 aromatic heterocycles. The fraction of sp³-hybridized carbons (Fsp3) is 0.625. The summed E-state index contributed by atoms with van der Waals surface area (Å²) >= 11 is 0. The summed E-state index contributed by atoms with van der Waals surface area (Å²) in [6, 6.07) is 2.75. The van der Waals surface area contributed by atoms with Gasteiger partial charge in [0.05, 0.1) is 17.8 Å². The molecule has 1 aliphatic carbocycles. The van der Waals surface area contributed by atoms with Gasteiger partial charge in [0.1, 0.15) is 0 Å². The van der Waals surface area contributed by atoms with Crippen molar-refractivity contribution in [2.45, 2.75) is 44.2 Å². The highest BCUT2D eigenvalue weighted by atomic mass is 32.2. The first-order valence-electron chi connectivity index (χ1n) is 8.18. The predicted molar refractivity (Wildman–Crippen MR) is 85.2 cm³/mol. The van der Waals surface area contributed by atoms with E-state index in [4.69, 9.17) is 9.15 Å². The van der Waals surface area contributed by atoms with E-state index in [0.717, 1.165) is 25.7 Å². The first-order chi connectivity index (χ1) is 11.5. The third-order valence-corrected chi connectivity index (χ3v) is 6.41. The molecule has 0 spiro atoms. The number of esters is 1. The summed E-state index contributed by atoms with van der Waals surface area (Å²) in [7, 11) is -3.09. The normalized spacial score (nSPS) is 23.2. The molecule has 2 aliphatic rings. The van der Waals surface area contributed by atoms with Crippen LogP contribution in [0.5, 0.6) is 0 Å². The Morgan fingerprint density at radius 2 is 1.96 bits per heavy atom. The summed E-state index contributed by atoms with van der Waals surface area (Å²) in [5.41, 5.74) is 0. The van der Waals surface area contributed by atoms with Crippen LogP contribution in [0.4, 0.5) is 0 Å². The molecule has 1 aliphatic heterocycles. The highest BCUT2D eigenvalue weighted by Crippen LogP contribution is 2.29. The second kappa shape index (κ2) is 6.96. The summed E-state index contributed by atoms with van der Waals surface area (Å²) in [5, 5.41) is 0. The SMILES string of the molecule is O=C(OCC(=O)N(C1CCCC1)[C@H]1CCS(=O)(=O)C1)c1ccco1. The number of amides is 1. The number of rotatable bonds is 5. The van der Waals surface area contributed by atoms with E-state index in [9.17, 15) is 18.0 Å². The van der Waals surface area contributed by atoms with Gasteiger partial charge in [0.2, 0.25) is 5.76 Å². The van der Waals surface area contributed by atoms with Crippen LogP contribution in [-0.2, 0) is 19.4 Å². The highest BCUT2D eigenvalue weighted by molar-refractivity contribution is 7.91. The molecule has 0 unspecified atom stereocenters. The van der Waals surface area contributed by atoms with Gasteiger partial charge in [-0.2, -0.15) is 0 Å². The number of nitrogens with zero attached hydrogens (tertiary/aromatic N) is 1. The van der Waals surface area contributed by atoms with Crippen molar-refractivity contribution in [2.24, 2.45) is 0 Å². The smallest absolute Gasteiger partial charge is 0.374 e. The lowest BCUT2D eigenvalue weighted by Crippen LogP contribution is -2.48. The van der Waals surface area contributed by atoms with Crippen molar-refractivity contribution < 1.29 is 27.2 Å². The number of ether oxygens (including phenoxy) is 1. The highest BCUT2D eigenvalue weighted by Gasteiger charge is 2.39. The van der Waals surface area contributed by atoms with Crippen molar-refractivity contribution in [3.63, 3.8) is 0 Å². The maximum atomic E-state index is 12.6. The monoisotopic (exact) mass is 355 g/mol. The number of carbonyl (C=O) groups excluding carboxylic acids is 2. The standard InChI is InChI=1S/C16H21NO6S/c18-15(10-23-16(19)14-6-3-8-22-14)17(12-4-1-2-5-12)13-7-9-24(20,21)11-13/h3,6,8,12-13H,1-2,4-5,7,9-11H2/t13-/m0/s1. The Morgan fingerprint density at radius 3 is 2.54 bits per heavy atom. The lowest BCUT2D eigenvalue weighted by Gasteiger charge is -2.33. The molecule has 0 aromatic carbocycles. The van der Waals surface area contributed by atoms with Crippen LogP contribution in [0.3, 0.4) is 0 Å². The number of hydrogen-bond donors (Lipinski definition) is 0. The van der Waals surface area contributed by atoms with Gasteiger partial charge in [0.15, 0.2) is 16.4 Å². The Kier molecular flexibility index (Phi) is 4.93. The molecule has 1 aromatic rings. The fourth-order valence-corrected chi connectivity index (χ4v) is 5.26. The summed E-state index contributed by atoms with van der Waals surface area (Å²) < 4.78 is 33.5. The van der Waals surface area contributed by atoms with Crippen LogP contribution >= 0.6 is 0 Å². The van der Waals surface area contributed by atoms with Crippen molar-refractivity contribution >= 4 is 21.7 Å². The molecule has 0 N–H and O–H groups in total. The summed E-state index contributed by atoms with van der Waals surface area (Å²) in [5.74, 6) is -0.872. The van der Waals surface area contributed by atoms with Gasteiger partial charge in [-0.1, -0.05) is 12.8 Å². The van der Waals surface area contributed by atoms with E-state index in [2.05, 4.69) is 0 Å². The van der Waals surface area contributed by atoms with E-state index in [1.165, 1.54) is 12.3 Å². The van der Waals surface area contributed by atoms with Gasteiger partial charge in [-0.25, -0.2) is 13.2 Å². The Labute approximate surface area is 140 Å². The predicted octanol–water partition coefficient (Wildman–Crippen LogP) is 1.39. The molecule has 1 saturated heterocycles. The largest absolute Gasteiger partial charge is 0.457 e. The minimum atomic E-state index is -3.09. The first kappa shape index (κ1) is 17.0. The summed E-state index contributed by atoms with van der Waals surface area (Å²) in [4.78, 5) is 26.1. The molecule has 8 heteroatoms. The average Bonchev–Trinajstić information content (AvgIpc) is 3.26. The number of carbonyl (C=O) groups is 2. The number of hydrogen-bond acceptors (Lipinski definition) is 6. The molecule has 132 valence electrons. The third kappa shape index (κ3) is 3.80. The zero-order chi connectivity index (χ0) is 17.2.